The van der Waals surface area contributed by atoms with E-state index in [1.54, 1.807) is 17.8 Å². The number of benzene rings is 1. The lowest BCUT2D eigenvalue weighted by Crippen LogP contribution is -2.21. The van der Waals surface area contributed by atoms with Crippen LogP contribution in [0.3, 0.4) is 0 Å². The Kier molecular flexibility index (Phi) is 6.04. The van der Waals surface area contributed by atoms with E-state index in [2.05, 4.69) is 15.0 Å². The number of nitrogen functional groups attached to an aromatic ring is 1. The molecule has 12 heteroatoms. The molecule has 0 saturated carbocycles. The highest BCUT2D eigenvalue weighted by atomic mass is 35.5. The van der Waals surface area contributed by atoms with Crippen LogP contribution in [0.4, 0.5) is 10.2 Å². The fourth-order valence-corrected chi connectivity index (χ4v) is 5.00. The van der Waals surface area contributed by atoms with Gasteiger partial charge in [-0.25, -0.2) is 19.3 Å². The third kappa shape index (κ3) is 4.48. The second kappa shape index (κ2) is 8.56. The van der Waals surface area contributed by atoms with E-state index in [-0.39, 0.29) is 24.6 Å². The van der Waals surface area contributed by atoms with Gasteiger partial charge in [0.15, 0.2) is 11.5 Å². The van der Waals surface area contributed by atoms with Crippen LogP contribution in [-0.2, 0) is 24.9 Å². The van der Waals surface area contributed by atoms with Gasteiger partial charge in [0, 0.05) is 17.0 Å². The predicted octanol–water partition coefficient (Wildman–Crippen LogP) is 3.93. The van der Waals surface area contributed by atoms with Gasteiger partial charge in [0.05, 0.1) is 31.7 Å². The molecule has 2 aromatic heterocycles. The Bertz CT molecular complexity index is 1110. The van der Waals surface area contributed by atoms with E-state index in [1.807, 2.05) is 0 Å². The lowest BCUT2D eigenvalue weighted by molar-refractivity contribution is 0.0331. The van der Waals surface area contributed by atoms with E-state index in [1.165, 1.54) is 24.5 Å². The number of halogens is 2. The number of imidazole rings is 1. The minimum Gasteiger partial charge on any atom is -0.382 e. The molecule has 1 aliphatic heterocycles. The summed E-state index contributed by atoms with van der Waals surface area (Å²) in [5.74, 6) is -0.180. The lowest BCUT2D eigenvalue weighted by Gasteiger charge is -2.30. The molecule has 0 bridgehead atoms. The Balaban J connectivity index is 1.40. The second-order valence-electron chi connectivity index (χ2n) is 6.93. The highest BCUT2D eigenvalue weighted by Crippen LogP contribution is 2.56. The van der Waals surface area contributed by atoms with Crippen LogP contribution in [0.1, 0.15) is 25.0 Å². The van der Waals surface area contributed by atoms with Gasteiger partial charge in [-0.3, -0.25) is 9.09 Å². The monoisotopic (exact) mass is 455 g/mol. The van der Waals surface area contributed by atoms with Gasteiger partial charge in [-0.05, 0) is 25.1 Å². The number of nitrogens with zero attached hydrogens (tertiary/aromatic N) is 4. The highest BCUT2D eigenvalue weighted by Gasteiger charge is 2.36. The Labute approximate surface area is 176 Å². The number of nitrogens with two attached hydrogens (primary N) is 1. The van der Waals surface area contributed by atoms with E-state index < -0.39 is 19.5 Å². The van der Waals surface area contributed by atoms with Gasteiger partial charge in [0.25, 0.3) is 0 Å². The summed E-state index contributed by atoms with van der Waals surface area (Å²) in [6.45, 7) is 2.36. The van der Waals surface area contributed by atoms with Crippen LogP contribution in [0, 0.1) is 5.82 Å². The van der Waals surface area contributed by atoms with E-state index in [9.17, 15) is 8.96 Å². The zero-order valence-electron chi connectivity index (χ0n) is 16.1. The van der Waals surface area contributed by atoms with Gasteiger partial charge in [0.2, 0.25) is 0 Å². The van der Waals surface area contributed by atoms with Gasteiger partial charge < -0.3 is 19.6 Å². The van der Waals surface area contributed by atoms with Crippen molar-refractivity contribution in [1.29, 1.82) is 0 Å². The first-order chi connectivity index (χ1) is 14.3. The molecule has 9 nitrogen and oxygen atoms in total. The Hall–Kier alpha value is -2.10. The first-order valence-electron chi connectivity index (χ1n) is 9.24. The Morgan fingerprint density at radius 3 is 3.10 bits per heavy atom. The highest BCUT2D eigenvalue weighted by molar-refractivity contribution is 7.53. The molecule has 160 valence electrons. The van der Waals surface area contributed by atoms with Crippen LogP contribution in [-0.4, -0.2) is 38.6 Å². The van der Waals surface area contributed by atoms with Gasteiger partial charge in [0.1, 0.15) is 24.0 Å². The fourth-order valence-electron chi connectivity index (χ4n) is 3.20. The minimum atomic E-state index is -3.57. The van der Waals surface area contributed by atoms with Crippen molar-refractivity contribution in [3.05, 3.63) is 47.3 Å². The molecule has 0 radical (unpaired) electrons. The van der Waals surface area contributed by atoms with Crippen LogP contribution in [0.5, 0.6) is 0 Å². The van der Waals surface area contributed by atoms with Crippen molar-refractivity contribution in [3.8, 4) is 0 Å². The summed E-state index contributed by atoms with van der Waals surface area (Å²) in [7, 11) is -3.57. The normalized spacial score (nSPS) is 23.0. The molecule has 3 heterocycles. The molecule has 0 unspecified atom stereocenters. The summed E-state index contributed by atoms with van der Waals surface area (Å²) >= 11 is 5.96. The topological polar surface area (TPSA) is 114 Å². The van der Waals surface area contributed by atoms with Crippen molar-refractivity contribution < 1.29 is 22.7 Å². The number of aromatic nitrogens is 4. The molecule has 1 aromatic carbocycles. The number of ether oxygens (including phenoxy) is 1. The number of anilines is 1. The second-order valence-corrected chi connectivity index (χ2v) is 9.31. The van der Waals surface area contributed by atoms with Crippen molar-refractivity contribution in [2.24, 2.45) is 0 Å². The summed E-state index contributed by atoms with van der Waals surface area (Å²) in [5.41, 5.74) is 7.12. The maximum Gasteiger partial charge on any atom is 0.356 e. The molecular formula is C18H20ClFN5O4P. The number of rotatable bonds is 6. The van der Waals surface area contributed by atoms with Crippen LogP contribution in [0.15, 0.2) is 30.9 Å². The minimum absolute atomic E-state index is 0.161. The van der Waals surface area contributed by atoms with Gasteiger partial charge in [-0.1, -0.05) is 11.6 Å². The molecule has 0 aliphatic carbocycles. The fraction of sp³-hybridized carbons (Fsp3) is 0.389. The quantitative estimate of drug-likeness (QED) is 0.556. The Morgan fingerprint density at radius 2 is 2.27 bits per heavy atom. The van der Waals surface area contributed by atoms with Gasteiger partial charge >= 0.3 is 7.60 Å². The van der Waals surface area contributed by atoms with Gasteiger partial charge in [-0.15, -0.1) is 0 Å². The van der Waals surface area contributed by atoms with E-state index >= 15 is 0 Å². The molecular weight excluding hydrogens is 436 g/mol. The van der Waals surface area contributed by atoms with E-state index in [0.29, 0.717) is 35.0 Å². The van der Waals surface area contributed by atoms with Crippen LogP contribution >= 0.6 is 19.2 Å². The average Bonchev–Trinajstić information content (AvgIpc) is 3.12. The van der Waals surface area contributed by atoms with Crippen molar-refractivity contribution >= 4 is 36.2 Å². The summed E-state index contributed by atoms with van der Waals surface area (Å²) < 4.78 is 45.6. The van der Waals surface area contributed by atoms with E-state index in [4.69, 9.17) is 31.1 Å². The summed E-state index contributed by atoms with van der Waals surface area (Å²) in [6.07, 6.45) is 1.95. The van der Waals surface area contributed by atoms with Crippen LogP contribution in [0.2, 0.25) is 5.02 Å². The molecule has 1 aliphatic rings. The molecule has 3 atom stereocenters. The molecule has 1 fully saturated rings. The molecule has 30 heavy (non-hydrogen) atoms. The molecule has 1 saturated heterocycles. The van der Waals surface area contributed by atoms with Crippen LogP contribution < -0.4 is 5.73 Å². The van der Waals surface area contributed by atoms with Crippen molar-refractivity contribution in [2.75, 3.05) is 18.7 Å². The van der Waals surface area contributed by atoms with Crippen molar-refractivity contribution in [1.82, 2.24) is 19.5 Å². The maximum absolute atomic E-state index is 14.2. The molecule has 2 N–H and O–H groups in total. The summed E-state index contributed by atoms with van der Waals surface area (Å²) in [6, 6.07) is 4.17. The van der Waals surface area contributed by atoms with Gasteiger partial charge in [-0.2, -0.15) is 0 Å². The lowest BCUT2D eigenvalue weighted by atomic mass is 10.1. The number of hydrogen-bond donors (Lipinski definition) is 1. The summed E-state index contributed by atoms with van der Waals surface area (Å²) in [5, 5.41) is 0.373. The van der Waals surface area contributed by atoms with Crippen LogP contribution in [0.25, 0.3) is 11.2 Å². The third-order valence-corrected chi connectivity index (χ3v) is 6.51. The van der Waals surface area contributed by atoms with E-state index in [0.717, 1.165) is 0 Å². The smallest absolute Gasteiger partial charge is 0.356 e. The summed E-state index contributed by atoms with van der Waals surface area (Å²) in [4.78, 5) is 12.3. The number of hydrogen-bond acceptors (Lipinski definition) is 8. The first kappa shape index (κ1) is 21.1. The molecule has 0 amide bonds. The van der Waals surface area contributed by atoms with Crippen molar-refractivity contribution in [3.63, 3.8) is 0 Å². The molecule has 4 rings (SSSR count). The number of fused-ring (bicyclic) bond motifs is 1. The largest absolute Gasteiger partial charge is 0.382 e. The zero-order valence-corrected chi connectivity index (χ0v) is 17.7. The Morgan fingerprint density at radius 1 is 1.43 bits per heavy atom. The SMILES string of the molecule is C[C@H](Cn1cnc2c(N)ncnc21)OC[P@@]1(=O)OCC[C@H](c2cc(Cl)ccc2F)O1. The predicted molar refractivity (Wildman–Crippen MR) is 109 cm³/mol. The zero-order chi connectivity index (χ0) is 21.3. The average molecular weight is 456 g/mol. The third-order valence-electron chi connectivity index (χ3n) is 4.66. The molecule has 0 spiro atoms. The molecule has 3 aromatic rings. The maximum atomic E-state index is 14.2. The first-order valence-corrected chi connectivity index (χ1v) is 11.3. The van der Waals surface area contributed by atoms with Crippen molar-refractivity contribution in [2.45, 2.75) is 32.1 Å². The standard InChI is InChI=1S/C18H20ClFN5O4P/c1-11(7-25-9-24-16-17(21)22-8-23-18(16)25)27-10-30(26)28-5-4-15(29-30)13-6-12(19)2-3-14(13)20/h2-3,6,8-9,11,15H,4-5,7,10H2,1H3,(H2,21,22,23)/t11-,15-,30-/m1/s1.